The van der Waals surface area contributed by atoms with Crippen molar-refractivity contribution < 1.29 is 9.59 Å². The molecule has 0 radical (unpaired) electrons. The first-order valence-electron chi connectivity index (χ1n) is 8.11. The molecule has 0 atom stereocenters. The maximum atomic E-state index is 12.2. The van der Waals surface area contributed by atoms with Crippen LogP contribution in [0, 0.1) is 13.8 Å². The Hall–Kier alpha value is -1.84. The average molecular weight is 302 g/mol. The predicted molar refractivity (Wildman–Crippen MR) is 87.9 cm³/mol. The Bertz CT molecular complexity index is 548. The minimum atomic E-state index is -0.0713. The maximum absolute atomic E-state index is 12.2. The van der Waals surface area contributed by atoms with Gasteiger partial charge < -0.3 is 10.2 Å². The standard InChI is InChI=1S/C18H26N2O2/c1-13-8-9-16(12-14(13)2)18(22)19-10-11-20(15(3)21)17-6-4-5-7-17/h8-9,12,17H,4-7,10-11H2,1-3H3,(H,19,22). The number of nitrogens with zero attached hydrogens (tertiary/aromatic N) is 1. The Kier molecular flexibility index (Phi) is 5.58. The number of hydrogen-bond acceptors (Lipinski definition) is 2. The zero-order valence-electron chi connectivity index (χ0n) is 13.8. The van der Waals surface area contributed by atoms with E-state index in [0.717, 1.165) is 18.4 Å². The molecule has 1 N–H and O–H groups in total. The van der Waals surface area contributed by atoms with E-state index in [0.29, 0.717) is 24.7 Å². The fraction of sp³-hybridized carbons (Fsp3) is 0.556. The lowest BCUT2D eigenvalue weighted by atomic mass is 10.1. The summed E-state index contributed by atoms with van der Waals surface area (Å²) in [5.41, 5.74) is 2.97. The van der Waals surface area contributed by atoms with Gasteiger partial charge in [-0.1, -0.05) is 18.9 Å². The molecule has 1 aromatic carbocycles. The molecule has 120 valence electrons. The molecule has 2 amide bonds. The first-order chi connectivity index (χ1) is 10.5. The summed E-state index contributed by atoms with van der Waals surface area (Å²) in [5, 5.41) is 2.92. The summed E-state index contributed by atoms with van der Waals surface area (Å²) >= 11 is 0. The first-order valence-corrected chi connectivity index (χ1v) is 8.11. The van der Waals surface area contributed by atoms with Gasteiger partial charge >= 0.3 is 0 Å². The largest absolute Gasteiger partial charge is 0.350 e. The van der Waals surface area contributed by atoms with Crippen molar-refractivity contribution in [3.8, 4) is 0 Å². The summed E-state index contributed by atoms with van der Waals surface area (Å²) in [4.78, 5) is 25.8. The third kappa shape index (κ3) is 4.09. The van der Waals surface area contributed by atoms with Gasteiger partial charge in [-0.3, -0.25) is 9.59 Å². The lowest BCUT2D eigenvalue weighted by Gasteiger charge is -2.27. The zero-order valence-corrected chi connectivity index (χ0v) is 13.8. The third-order valence-corrected chi connectivity index (χ3v) is 4.58. The van der Waals surface area contributed by atoms with Gasteiger partial charge in [0.2, 0.25) is 5.91 Å². The van der Waals surface area contributed by atoms with Crippen LogP contribution in [0.1, 0.15) is 54.1 Å². The minimum Gasteiger partial charge on any atom is -0.350 e. The van der Waals surface area contributed by atoms with E-state index in [9.17, 15) is 9.59 Å². The van der Waals surface area contributed by atoms with Gasteiger partial charge in [-0.05, 0) is 49.9 Å². The molecule has 0 heterocycles. The van der Waals surface area contributed by atoms with Gasteiger partial charge in [-0.2, -0.15) is 0 Å². The molecule has 2 rings (SSSR count). The summed E-state index contributed by atoms with van der Waals surface area (Å²) in [5.74, 6) is 0.0327. The Morgan fingerprint density at radius 2 is 1.86 bits per heavy atom. The molecular weight excluding hydrogens is 276 g/mol. The van der Waals surface area contributed by atoms with Gasteiger partial charge in [0.25, 0.3) is 5.91 Å². The third-order valence-electron chi connectivity index (χ3n) is 4.58. The monoisotopic (exact) mass is 302 g/mol. The Morgan fingerprint density at radius 1 is 1.18 bits per heavy atom. The van der Waals surface area contributed by atoms with Crippen LogP contribution in [0.4, 0.5) is 0 Å². The molecule has 4 heteroatoms. The van der Waals surface area contributed by atoms with Gasteiger partial charge in [-0.15, -0.1) is 0 Å². The van der Waals surface area contributed by atoms with Gasteiger partial charge in [0.15, 0.2) is 0 Å². The van der Waals surface area contributed by atoms with Crippen LogP contribution in [-0.4, -0.2) is 35.8 Å². The molecule has 0 saturated heterocycles. The fourth-order valence-electron chi connectivity index (χ4n) is 3.09. The molecule has 1 aliphatic rings. The molecule has 22 heavy (non-hydrogen) atoms. The highest BCUT2D eigenvalue weighted by atomic mass is 16.2. The number of hydrogen-bond donors (Lipinski definition) is 1. The van der Waals surface area contributed by atoms with Crippen molar-refractivity contribution in [1.82, 2.24) is 10.2 Å². The van der Waals surface area contributed by atoms with Crippen molar-refractivity contribution in [2.45, 2.75) is 52.5 Å². The Labute approximate surface area is 132 Å². The topological polar surface area (TPSA) is 49.4 Å². The van der Waals surface area contributed by atoms with Crippen molar-refractivity contribution in [3.63, 3.8) is 0 Å². The number of aryl methyl sites for hydroxylation is 2. The van der Waals surface area contributed by atoms with E-state index in [2.05, 4.69) is 5.32 Å². The Morgan fingerprint density at radius 3 is 2.45 bits per heavy atom. The van der Waals surface area contributed by atoms with E-state index in [-0.39, 0.29) is 11.8 Å². The predicted octanol–water partition coefficient (Wildman–Crippen LogP) is 2.82. The molecule has 1 fully saturated rings. The van der Waals surface area contributed by atoms with E-state index in [1.165, 1.54) is 18.4 Å². The molecule has 1 aromatic rings. The number of carbonyl (C=O) groups excluding carboxylic acids is 2. The molecule has 1 saturated carbocycles. The average Bonchev–Trinajstić information content (AvgIpc) is 2.99. The van der Waals surface area contributed by atoms with Crippen LogP contribution < -0.4 is 5.32 Å². The van der Waals surface area contributed by atoms with Crippen molar-refractivity contribution >= 4 is 11.8 Å². The second kappa shape index (κ2) is 7.43. The minimum absolute atomic E-state index is 0.0713. The summed E-state index contributed by atoms with van der Waals surface area (Å²) in [6, 6.07) is 6.07. The lowest BCUT2D eigenvalue weighted by Crippen LogP contribution is -2.42. The van der Waals surface area contributed by atoms with Gasteiger partial charge in [0, 0.05) is 31.6 Å². The van der Waals surface area contributed by atoms with Crippen LogP contribution in [-0.2, 0) is 4.79 Å². The van der Waals surface area contributed by atoms with E-state index < -0.39 is 0 Å². The second-order valence-electron chi connectivity index (χ2n) is 6.21. The fourth-order valence-corrected chi connectivity index (χ4v) is 3.09. The maximum Gasteiger partial charge on any atom is 0.251 e. The summed E-state index contributed by atoms with van der Waals surface area (Å²) in [6.07, 6.45) is 4.57. The lowest BCUT2D eigenvalue weighted by molar-refractivity contribution is -0.130. The summed E-state index contributed by atoms with van der Waals surface area (Å²) in [6.45, 7) is 6.74. The number of nitrogens with one attached hydrogen (secondary N) is 1. The van der Waals surface area contributed by atoms with Gasteiger partial charge in [-0.25, -0.2) is 0 Å². The SMILES string of the molecule is CC(=O)N(CCNC(=O)c1ccc(C)c(C)c1)C1CCCC1. The summed E-state index contributed by atoms with van der Waals surface area (Å²) in [7, 11) is 0. The molecule has 0 unspecified atom stereocenters. The van der Waals surface area contributed by atoms with Crippen molar-refractivity contribution in [1.29, 1.82) is 0 Å². The van der Waals surface area contributed by atoms with E-state index >= 15 is 0 Å². The van der Waals surface area contributed by atoms with Crippen molar-refractivity contribution in [3.05, 3.63) is 34.9 Å². The van der Waals surface area contributed by atoms with Gasteiger partial charge in [0.05, 0.1) is 0 Å². The highest BCUT2D eigenvalue weighted by Gasteiger charge is 2.24. The molecule has 0 aliphatic heterocycles. The van der Waals surface area contributed by atoms with Crippen LogP contribution >= 0.6 is 0 Å². The van der Waals surface area contributed by atoms with E-state index in [1.54, 1.807) is 6.92 Å². The normalized spacial score (nSPS) is 14.9. The van der Waals surface area contributed by atoms with E-state index in [4.69, 9.17) is 0 Å². The molecule has 0 spiro atoms. The smallest absolute Gasteiger partial charge is 0.251 e. The molecule has 0 aromatic heterocycles. The van der Waals surface area contributed by atoms with Crippen LogP contribution in [0.5, 0.6) is 0 Å². The second-order valence-corrected chi connectivity index (χ2v) is 6.21. The van der Waals surface area contributed by atoms with Crippen LogP contribution in [0.2, 0.25) is 0 Å². The number of carbonyl (C=O) groups is 2. The van der Waals surface area contributed by atoms with Gasteiger partial charge in [0.1, 0.15) is 0 Å². The summed E-state index contributed by atoms with van der Waals surface area (Å²) < 4.78 is 0. The molecule has 1 aliphatic carbocycles. The number of benzene rings is 1. The van der Waals surface area contributed by atoms with Crippen LogP contribution in [0.25, 0.3) is 0 Å². The number of rotatable bonds is 5. The highest BCUT2D eigenvalue weighted by Crippen LogP contribution is 2.23. The van der Waals surface area contributed by atoms with Crippen LogP contribution in [0.15, 0.2) is 18.2 Å². The number of amides is 2. The van der Waals surface area contributed by atoms with Crippen molar-refractivity contribution in [2.24, 2.45) is 0 Å². The Balaban J connectivity index is 1.87. The van der Waals surface area contributed by atoms with E-state index in [1.807, 2.05) is 36.9 Å². The first kappa shape index (κ1) is 16.5. The molecule has 4 nitrogen and oxygen atoms in total. The zero-order chi connectivity index (χ0) is 16.1. The van der Waals surface area contributed by atoms with Crippen molar-refractivity contribution in [2.75, 3.05) is 13.1 Å². The van der Waals surface area contributed by atoms with Crippen LogP contribution in [0.3, 0.4) is 0 Å². The molecular formula is C18H26N2O2. The quantitative estimate of drug-likeness (QED) is 0.909. The highest BCUT2D eigenvalue weighted by molar-refractivity contribution is 5.94. The molecule has 0 bridgehead atoms.